The minimum absolute atomic E-state index is 0. The van der Waals surface area contributed by atoms with Crippen molar-refractivity contribution in [3.63, 3.8) is 0 Å². The molecule has 19 heavy (non-hydrogen) atoms. The zero-order chi connectivity index (χ0) is 13.7. The topological polar surface area (TPSA) is 88.5 Å². The van der Waals surface area contributed by atoms with Crippen LogP contribution in [0, 0.1) is 0 Å². The van der Waals surface area contributed by atoms with Gasteiger partial charge in [-0.05, 0) is 18.2 Å². The van der Waals surface area contributed by atoms with Crippen molar-refractivity contribution in [3.8, 4) is 0 Å². The summed E-state index contributed by atoms with van der Waals surface area (Å²) in [7, 11) is -4.46. The predicted octanol–water partition coefficient (Wildman–Crippen LogP) is 1.09. The van der Waals surface area contributed by atoms with Crippen molar-refractivity contribution >= 4 is 93.8 Å². The normalized spacial score (nSPS) is 15.1. The average Bonchev–Trinajstić information content (AvgIpc) is 2.32. The van der Waals surface area contributed by atoms with Gasteiger partial charge in [-0.1, -0.05) is 23.2 Å². The number of carbonyl (C=O) groups is 2. The Balaban J connectivity index is 0.00000180. The van der Waals surface area contributed by atoms with Gasteiger partial charge in [0.25, 0.3) is 10.1 Å². The summed E-state index contributed by atoms with van der Waals surface area (Å²) in [4.78, 5) is 22.9. The Morgan fingerprint density at radius 1 is 0.947 bits per heavy atom. The van der Waals surface area contributed by atoms with Crippen LogP contribution in [-0.4, -0.2) is 73.4 Å². The summed E-state index contributed by atoms with van der Waals surface area (Å²) in [6.45, 7) is 0. The first-order chi connectivity index (χ1) is 8.23. The van der Waals surface area contributed by atoms with Crippen molar-refractivity contribution in [2.24, 2.45) is 0 Å². The maximum atomic E-state index is 11.7. The number of benzene rings is 1. The Morgan fingerprint density at radius 3 is 1.89 bits per heavy atom. The molecule has 0 atom stereocenters. The molecule has 0 saturated carbocycles. The van der Waals surface area contributed by atoms with E-state index in [2.05, 4.69) is 0 Å². The first-order valence-corrected chi connectivity index (χ1v) is 6.69. The van der Waals surface area contributed by atoms with Gasteiger partial charge in [-0.3, -0.25) is 14.1 Å². The van der Waals surface area contributed by atoms with E-state index in [-0.39, 0.29) is 60.0 Å². The van der Waals surface area contributed by atoms with Gasteiger partial charge in [0.1, 0.15) is 10.1 Å². The van der Waals surface area contributed by atoms with Crippen LogP contribution in [-0.2, 0) is 10.1 Å². The van der Waals surface area contributed by atoms with Crippen LogP contribution in [0.15, 0.2) is 33.2 Å². The molecule has 0 fully saturated rings. The first-order valence-electron chi connectivity index (χ1n) is 4.49. The molecule has 0 unspecified atom stereocenters. The van der Waals surface area contributed by atoms with Crippen molar-refractivity contribution in [1.82, 2.24) is 0 Å². The average molecular weight is 446 g/mol. The van der Waals surface area contributed by atoms with E-state index >= 15 is 0 Å². The number of hydrogen-bond acceptors (Lipinski definition) is 4. The molecule has 1 aromatic carbocycles. The van der Waals surface area contributed by atoms with E-state index in [1.54, 1.807) is 0 Å². The van der Waals surface area contributed by atoms with Gasteiger partial charge >= 0.3 is 48.9 Å². The Hall–Kier alpha value is 0.361. The second kappa shape index (κ2) is 6.00. The Labute approximate surface area is 158 Å². The van der Waals surface area contributed by atoms with Crippen LogP contribution in [0.25, 0.3) is 0 Å². The molecule has 1 N–H and O–H groups in total. The van der Waals surface area contributed by atoms with Crippen molar-refractivity contribution < 1.29 is 22.6 Å². The SMILES string of the molecule is O=C1C(Cl)=C(Cl)C(=O)c2cc(S(=O)(=O)O)ccc21.[BaH2]. The summed E-state index contributed by atoms with van der Waals surface area (Å²) < 4.78 is 30.7. The van der Waals surface area contributed by atoms with Gasteiger partial charge in [-0.15, -0.1) is 0 Å². The molecule has 0 bridgehead atoms. The Morgan fingerprint density at radius 2 is 1.42 bits per heavy atom. The van der Waals surface area contributed by atoms with Crippen LogP contribution < -0.4 is 0 Å². The monoisotopic (exact) mass is 446 g/mol. The maximum absolute atomic E-state index is 11.7. The number of rotatable bonds is 1. The van der Waals surface area contributed by atoms with Crippen LogP contribution in [0.5, 0.6) is 0 Å². The van der Waals surface area contributed by atoms with Crippen LogP contribution >= 0.6 is 23.2 Å². The third-order valence-electron chi connectivity index (χ3n) is 2.37. The fourth-order valence-corrected chi connectivity index (χ4v) is 2.39. The van der Waals surface area contributed by atoms with Crippen LogP contribution in [0.1, 0.15) is 20.7 Å². The Kier molecular flexibility index (Phi) is 5.50. The molecule has 1 aromatic rings. The van der Waals surface area contributed by atoms with Gasteiger partial charge in [-0.25, -0.2) is 0 Å². The van der Waals surface area contributed by atoms with Crippen molar-refractivity contribution in [3.05, 3.63) is 39.4 Å². The van der Waals surface area contributed by atoms with Gasteiger partial charge in [0.05, 0.1) is 4.90 Å². The number of ketones is 2. The van der Waals surface area contributed by atoms with E-state index in [0.29, 0.717) is 0 Å². The Bertz CT molecular complexity index is 723. The molecule has 0 heterocycles. The van der Waals surface area contributed by atoms with E-state index in [9.17, 15) is 18.0 Å². The van der Waals surface area contributed by atoms with Gasteiger partial charge in [-0.2, -0.15) is 8.42 Å². The predicted molar refractivity (Wildman–Crippen MR) is 72.2 cm³/mol. The van der Waals surface area contributed by atoms with Crippen molar-refractivity contribution in [2.45, 2.75) is 4.90 Å². The fourth-order valence-electron chi connectivity index (χ4n) is 1.51. The summed E-state index contributed by atoms with van der Waals surface area (Å²) in [5.74, 6) is -1.43. The zero-order valence-electron chi connectivity index (χ0n) is 8.48. The van der Waals surface area contributed by atoms with E-state index in [4.69, 9.17) is 27.8 Å². The van der Waals surface area contributed by atoms with Crippen molar-refractivity contribution in [2.75, 3.05) is 0 Å². The second-order valence-corrected chi connectivity index (χ2v) is 5.65. The zero-order valence-corrected chi connectivity index (χ0v) is 10.8. The van der Waals surface area contributed by atoms with Gasteiger partial charge < -0.3 is 0 Å². The standard InChI is InChI=1S/C10H4Cl2O5S.Ba.2H/c11-7-8(12)10(14)6-3-4(18(15,16)17)1-2-5(6)9(7)13;;;/h1-3H,(H,15,16,17);;;. The van der Waals surface area contributed by atoms with E-state index in [1.165, 1.54) is 0 Å². The molecule has 5 nitrogen and oxygen atoms in total. The van der Waals surface area contributed by atoms with Gasteiger partial charge in [0.2, 0.25) is 11.6 Å². The molecule has 9 heteroatoms. The molecule has 98 valence electrons. The number of allylic oxidation sites excluding steroid dienone is 2. The van der Waals surface area contributed by atoms with E-state index < -0.39 is 36.6 Å². The van der Waals surface area contributed by atoms with Gasteiger partial charge in [0.15, 0.2) is 0 Å². The summed E-state index contributed by atoms with van der Waals surface area (Å²) >= 11 is 11.2. The number of carbonyl (C=O) groups excluding carboxylic acids is 2. The number of hydrogen-bond donors (Lipinski definition) is 1. The van der Waals surface area contributed by atoms with Crippen LogP contribution in [0.2, 0.25) is 0 Å². The molecule has 0 saturated heterocycles. The molecule has 0 aliphatic heterocycles. The van der Waals surface area contributed by atoms with E-state index in [0.717, 1.165) is 18.2 Å². The quantitative estimate of drug-likeness (QED) is 0.515. The summed E-state index contributed by atoms with van der Waals surface area (Å²) in [5.41, 5.74) is -0.258. The summed E-state index contributed by atoms with van der Waals surface area (Å²) in [6, 6.07) is 2.99. The first kappa shape index (κ1) is 17.4. The third kappa shape index (κ3) is 3.17. The number of fused-ring (bicyclic) bond motifs is 1. The number of Topliss-reactive ketones (excluding diaryl/α,β-unsaturated/α-hetero) is 2. The summed E-state index contributed by atoms with van der Waals surface area (Å²) in [6.07, 6.45) is 0. The van der Waals surface area contributed by atoms with Crippen molar-refractivity contribution in [1.29, 1.82) is 0 Å². The summed E-state index contributed by atoms with van der Waals surface area (Å²) in [5, 5.41) is -0.879. The molecular weight excluding hydrogens is 440 g/mol. The molecule has 0 amide bonds. The molecule has 1 aliphatic rings. The fraction of sp³-hybridized carbons (Fsp3) is 0. The molecule has 1 aliphatic carbocycles. The minimum atomic E-state index is -4.46. The second-order valence-electron chi connectivity index (χ2n) is 3.47. The molecule has 0 spiro atoms. The van der Waals surface area contributed by atoms with Crippen LogP contribution in [0.4, 0.5) is 0 Å². The molecular formula is C10H6BaCl2O5S. The molecule has 2 rings (SSSR count). The van der Waals surface area contributed by atoms with E-state index in [1.807, 2.05) is 0 Å². The molecule has 0 radical (unpaired) electrons. The number of halogens is 2. The van der Waals surface area contributed by atoms with Gasteiger partial charge in [0, 0.05) is 11.1 Å². The third-order valence-corrected chi connectivity index (χ3v) is 4.04. The van der Waals surface area contributed by atoms with Crippen LogP contribution in [0.3, 0.4) is 0 Å². The molecule has 0 aromatic heterocycles.